The highest BCUT2D eigenvalue weighted by Gasteiger charge is 2.30. The first kappa shape index (κ1) is 18.5. The maximum atomic E-state index is 12.7. The highest BCUT2D eigenvalue weighted by molar-refractivity contribution is 5.97. The number of amides is 1. The molecule has 1 N–H and O–H groups in total. The van der Waals surface area contributed by atoms with E-state index in [1.54, 1.807) is 31.2 Å². The minimum atomic E-state index is -4.51. The molecule has 0 spiro atoms. The minimum absolute atomic E-state index is 0.0294. The van der Waals surface area contributed by atoms with Gasteiger partial charge in [-0.05, 0) is 44.2 Å². The summed E-state index contributed by atoms with van der Waals surface area (Å²) < 4.78 is 43.1. The maximum absolute atomic E-state index is 12.7. The molecule has 4 nitrogen and oxygen atoms in total. The van der Waals surface area contributed by atoms with Gasteiger partial charge in [0.15, 0.2) is 6.10 Å². The van der Waals surface area contributed by atoms with E-state index < -0.39 is 29.7 Å². The predicted octanol–water partition coefficient (Wildman–Crippen LogP) is 4.20. The fourth-order valence-electron chi connectivity index (χ4n) is 2.07. The highest BCUT2D eigenvalue weighted by Crippen LogP contribution is 2.30. The number of carbonyl (C=O) groups excluding carboxylic acids is 2. The van der Waals surface area contributed by atoms with E-state index in [4.69, 9.17) is 4.74 Å². The Morgan fingerprint density at radius 2 is 1.76 bits per heavy atom. The molecule has 0 fully saturated rings. The molecule has 1 amide bonds. The molecule has 0 aliphatic carbocycles. The lowest BCUT2D eigenvalue weighted by Crippen LogP contribution is -2.30. The quantitative estimate of drug-likeness (QED) is 0.840. The number of rotatable bonds is 4. The number of aryl methyl sites for hydroxylation is 1. The second-order valence-electron chi connectivity index (χ2n) is 5.48. The van der Waals surface area contributed by atoms with Crippen molar-refractivity contribution in [3.05, 3.63) is 65.2 Å². The largest absolute Gasteiger partial charge is 0.449 e. The summed E-state index contributed by atoms with van der Waals surface area (Å²) >= 11 is 0. The third-order valence-electron chi connectivity index (χ3n) is 3.36. The number of alkyl halides is 3. The van der Waals surface area contributed by atoms with Crippen LogP contribution in [0, 0.1) is 6.92 Å². The van der Waals surface area contributed by atoms with Crippen LogP contribution in [-0.2, 0) is 15.7 Å². The van der Waals surface area contributed by atoms with Crippen LogP contribution in [0.25, 0.3) is 0 Å². The normalized spacial score (nSPS) is 12.4. The Hall–Kier alpha value is -2.83. The van der Waals surface area contributed by atoms with Crippen molar-refractivity contribution >= 4 is 17.6 Å². The van der Waals surface area contributed by atoms with E-state index in [2.05, 4.69) is 5.32 Å². The molecule has 2 aromatic carbocycles. The number of benzene rings is 2. The van der Waals surface area contributed by atoms with Gasteiger partial charge in [-0.1, -0.05) is 23.8 Å². The number of nitrogens with one attached hydrogen (secondary N) is 1. The fraction of sp³-hybridized carbons (Fsp3) is 0.222. The SMILES string of the molecule is Cc1cccc(C(=O)O[C@@H](C)C(=O)Nc2cccc(C(F)(F)F)c2)c1. The van der Waals surface area contributed by atoms with Gasteiger partial charge in [-0.2, -0.15) is 13.2 Å². The zero-order valence-corrected chi connectivity index (χ0v) is 13.6. The Kier molecular flexibility index (Phi) is 5.46. The van der Waals surface area contributed by atoms with Gasteiger partial charge in [-0.3, -0.25) is 4.79 Å². The van der Waals surface area contributed by atoms with Crippen LogP contribution in [0.5, 0.6) is 0 Å². The summed E-state index contributed by atoms with van der Waals surface area (Å²) in [6.45, 7) is 3.15. The molecule has 0 bridgehead atoms. The van der Waals surface area contributed by atoms with Gasteiger partial charge < -0.3 is 10.1 Å². The van der Waals surface area contributed by atoms with Crippen LogP contribution in [0.2, 0.25) is 0 Å². The van der Waals surface area contributed by atoms with Gasteiger partial charge >= 0.3 is 12.1 Å². The van der Waals surface area contributed by atoms with E-state index in [0.29, 0.717) is 5.56 Å². The summed E-state index contributed by atoms with van der Waals surface area (Å²) in [5, 5.41) is 2.31. The molecule has 7 heteroatoms. The second-order valence-corrected chi connectivity index (χ2v) is 5.48. The molecule has 2 rings (SSSR count). The van der Waals surface area contributed by atoms with E-state index in [-0.39, 0.29) is 5.69 Å². The van der Waals surface area contributed by atoms with Crippen LogP contribution >= 0.6 is 0 Å². The molecular formula is C18H16F3NO3. The van der Waals surface area contributed by atoms with Crippen molar-refractivity contribution in [2.24, 2.45) is 0 Å². The average Bonchev–Trinajstić information content (AvgIpc) is 2.54. The smallest absolute Gasteiger partial charge is 0.416 e. The Labute approximate surface area is 142 Å². The first-order valence-corrected chi connectivity index (χ1v) is 7.42. The molecule has 0 aliphatic heterocycles. The van der Waals surface area contributed by atoms with Crippen LogP contribution < -0.4 is 5.32 Å². The van der Waals surface area contributed by atoms with E-state index >= 15 is 0 Å². The van der Waals surface area contributed by atoms with Crippen molar-refractivity contribution in [1.82, 2.24) is 0 Å². The van der Waals surface area contributed by atoms with E-state index in [1.165, 1.54) is 19.1 Å². The molecule has 0 unspecified atom stereocenters. The van der Waals surface area contributed by atoms with Gasteiger partial charge in [0.05, 0.1) is 11.1 Å². The van der Waals surface area contributed by atoms with Crippen molar-refractivity contribution < 1.29 is 27.5 Å². The van der Waals surface area contributed by atoms with Crippen molar-refractivity contribution in [1.29, 1.82) is 0 Å². The molecule has 0 aliphatic rings. The third kappa shape index (κ3) is 5.07. The lowest BCUT2D eigenvalue weighted by molar-refractivity contribution is -0.137. The summed E-state index contributed by atoms with van der Waals surface area (Å²) in [6.07, 6.45) is -5.67. The van der Waals surface area contributed by atoms with Gasteiger partial charge in [-0.15, -0.1) is 0 Å². The number of ether oxygens (including phenoxy) is 1. The van der Waals surface area contributed by atoms with E-state index in [1.807, 2.05) is 0 Å². The van der Waals surface area contributed by atoms with Gasteiger partial charge in [-0.25, -0.2) is 4.79 Å². The van der Waals surface area contributed by atoms with Crippen LogP contribution in [0.4, 0.5) is 18.9 Å². The maximum Gasteiger partial charge on any atom is 0.416 e. The summed E-state index contributed by atoms with van der Waals surface area (Å²) in [5.74, 6) is -1.41. The van der Waals surface area contributed by atoms with Gasteiger partial charge in [0, 0.05) is 5.69 Å². The van der Waals surface area contributed by atoms with Crippen LogP contribution in [0.3, 0.4) is 0 Å². The van der Waals surface area contributed by atoms with Gasteiger partial charge in [0.2, 0.25) is 0 Å². The Morgan fingerprint density at radius 3 is 2.40 bits per heavy atom. The minimum Gasteiger partial charge on any atom is -0.449 e. The number of anilines is 1. The second kappa shape index (κ2) is 7.38. The lowest BCUT2D eigenvalue weighted by atomic mass is 10.1. The van der Waals surface area contributed by atoms with Crippen molar-refractivity contribution in [3.63, 3.8) is 0 Å². The molecule has 0 saturated carbocycles. The van der Waals surface area contributed by atoms with Crippen LogP contribution in [0.1, 0.15) is 28.4 Å². The van der Waals surface area contributed by atoms with Crippen LogP contribution in [-0.4, -0.2) is 18.0 Å². The molecule has 0 aromatic heterocycles. The lowest BCUT2D eigenvalue weighted by Gasteiger charge is -2.14. The average molecular weight is 351 g/mol. The fourth-order valence-corrected chi connectivity index (χ4v) is 2.07. The summed E-state index contributed by atoms with van der Waals surface area (Å²) in [6, 6.07) is 10.9. The summed E-state index contributed by atoms with van der Waals surface area (Å²) in [7, 11) is 0. The number of hydrogen-bond acceptors (Lipinski definition) is 3. The van der Waals surface area contributed by atoms with E-state index in [9.17, 15) is 22.8 Å². The molecule has 2 aromatic rings. The van der Waals surface area contributed by atoms with Crippen molar-refractivity contribution in [3.8, 4) is 0 Å². The highest BCUT2D eigenvalue weighted by atomic mass is 19.4. The molecule has 0 radical (unpaired) electrons. The van der Waals surface area contributed by atoms with Crippen molar-refractivity contribution in [2.75, 3.05) is 5.32 Å². The zero-order valence-electron chi connectivity index (χ0n) is 13.6. The predicted molar refractivity (Wildman–Crippen MR) is 86.1 cm³/mol. The first-order valence-electron chi connectivity index (χ1n) is 7.42. The van der Waals surface area contributed by atoms with Gasteiger partial charge in [0.1, 0.15) is 0 Å². The summed E-state index contributed by atoms with van der Waals surface area (Å²) in [5.41, 5.74) is 0.238. The molecule has 1 atom stereocenters. The molecule has 0 saturated heterocycles. The van der Waals surface area contributed by atoms with E-state index in [0.717, 1.165) is 17.7 Å². The molecule has 0 heterocycles. The molecule has 132 valence electrons. The molecular weight excluding hydrogens is 335 g/mol. The number of carbonyl (C=O) groups is 2. The third-order valence-corrected chi connectivity index (χ3v) is 3.36. The number of hydrogen-bond donors (Lipinski definition) is 1. The number of esters is 1. The van der Waals surface area contributed by atoms with Crippen LogP contribution in [0.15, 0.2) is 48.5 Å². The Morgan fingerprint density at radius 1 is 1.08 bits per heavy atom. The zero-order chi connectivity index (χ0) is 18.6. The Balaban J connectivity index is 2.02. The van der Waals surface area contributed by atoms with Crippen molar-refractivity contribution in [2.45, 2.75) is 26.1 Å². The number of halogens is 3. The Bertz CT molecular complexity index is 787. The standard InChI is InChI=1S/C18H16F3NO3/c1-11-5-3-6-13(9-11)17(24)25-12(2)16(23)22-15-8-4-7-14(10-15)18(19,20)21/h3-10,12H,1-2H3,(H,22,23)/t12-/m0/s1. The first-order chi connectivity index (χ1) is 11.7. The monoisotopic (exact) mass is 351 g/mol. The molecule has 25 heavy (non-hydrogen) atoms. The van der Waals surface area contributed by atoms with Gasteiger partial charge in [0.25, 0.3) is 5.91 Å². The summed E-state index contributed by atoms with van der Waals surface area (Å²) in [4.78, 5) is 24.0. The topological polar surface area (TPSA) is 55.4 Å².